The first-order valence-electron chi connectivity index (χ1n) is 8.56. The number of aromatic amines is 1. The average Bonchev–Trinajstić information content (AvgIpc) is 3.02. The molecule has 0 aliphatic rings. The minimum atomic E-state index is -4.42. The van der Waals surface area contributed by atoms with Gasteiger partial charge in [-0.1, -0.05) is 30.3 Å². The normalized spacial score (nSPS) is 13.7. The van der Waals surface area contributed by atoms with Crippen LogP contribution in [-0.4, -0.2) is 21.5 Å². The molecule has 6 heteroatoms. The van der Waals surface area contributed by atoms with E-state index in [0.29, 0.717) is 5.56 Å². The number of rotatable bonds is 5. The maximum atomic E-state index is 12.9. The van der Waals surface area contributed by atoms with Crippen molar-refractivity contribution in [3.8, 4) is 0 Å². The fourth-order valence-corrected chi connectivity index (χ4v) is 3.13. The summed E-state index contributed by atoms with van der Waals surface area (Å²) in [5.74, 6) is -0.847. The Morgan fingerprint density at radius 3 is 2.30 bits per heavy atom. The zero-order valence-corrected chi connectivity index (χ0v) is 15.0. The van der Waals surface area contributed by atoms with Gasteiger partial charge < -0.3 is 10.1 Å². The zero-order chi connectivity index (χ0) is 19.8. The minimum absolute atomic E-state index is 0.0172. The largest absolute Gasteiger partial charge is 0.416 e. The number of benzene rings is 2. The van der Waals surface area contributed by atoms with Crippen LogP contribution in [0.4, 0.5) is 13.2 Å². The third-order valence-corrected chi connectivity index (χ3v) is 4.71. The van der Waals surface area contributed by atoms with Gasteiger partial charge in [-0.15, -0.1) is 0 Å². The van der Waals surface area contributed by atoms with E-state index >= 15 is 0 Å². The summed E-state index contributed by atoms with van der Waals surface area (Å²) < 4.78 is 38.6. The number of ketones is 1. The molecule has 0 spiro atoms. The minimum Gasteiger partial charge on any atom is -0.383 e. The molecule has 0 saturated carbocycles. The van der Waals surface area contributed by atoms with Gasteiger partial charge in [0.15, 0.2) is 5.78 Å². The van der Waals surface area contributed by atoms with Crippen LogP contribution in [0, 0.1) is 0 Å². The van der Waals surface area contributed by atoms with E-state index in [4.69, 9.17) is 0 Å². The van der Waals surface area contributed by atoms with Crippen LogP contribution < -0.4 is 0 Å². The molecule has 0 radical (unpaired) electrons. The van der Waals surface area contributed by atoms with Crippen LogP contribution in [0.5, 0.6) is 0 Å². The Hall–Kier alpha value is -2.60. The number of halogens is 3. The second-order valence-corrected chi connectivity index (χ2v) is 7.15. The van der Waals surface area contributed by atoms with Gasteiger partial charge in [0.2, 0.25) is 0 Å². The van der Waals surface area contributed by atoms with Gasteiger partial charge in [0, 0.05) is 29.4 Å². The predicted octanol–water partition coefficient (Wildman–Crippen LogP) is 5.05. The van der Waals surface area contributed by atoms with E-state index in [1.54, 1.807) is 6.20 Å². The van der Waals surface area contributed by atoms with Crippen molar-refractivity contribution >= 4 is 16.7 Å². The van der Waals surface area contributed by atoms with Crippen LogP contribution in [0.3, 0.4) is 0 Å². The van der Waals surface area contributed by atoms with Gasteiger partial charge in [-0.25, -0.2) is 0 Å². The molecule has 1 unspecified atom stereocenters. The van der Waals surface area contributed by atoms with Gasteiger partial charge in [-0.2, -0.15) is 13.2 Å². The fraction of sp³-hybridized carbons (Fsp3) is 0.286. The summed E-state index contributed by atoms with van der Waals surface area (Å²) in [6, 6.07) is 12.4. The third-order valence-electron chi connectivity index (χ3n) is 4.71. The van der Waals surface area contributed by atoms with Gasteiger partial charge >= 0.3 is 6.18 Å². The smallest absolute Gasteiger partial charge is 0.383 e. The zero-order valence-electron chi connectivity index (χ0n) is 15.0. The van der Waals surface area contributed by atoms with Crippen molar-refractivity contribution in [2.24, 2.45) is 0 Å². The Morgan fingerprint density at radius 1 is 1.07 bits per heavy atom. The van der Waals surface area contributed by atoms with E-state index < -0.39 is 23.3 Å². The standard InChI is InChI=1S/C21H20F3NO2/c1-20(2,27)19(26)11-16(13-7-9-14(10-8-13)21(22,23)24)17-12-25-18-6-4-3-5-15(17)18/h3-10,12,16,25,27H,11H2,1-2H3. The van der Waals surface area contributed by atoms with E-state index in [0.717, 1.165) is 28.6 Å². The summed E-state index contributed by atoms with van der Waals surface area (Å²) in [5.41, 5.74) is 0.0159. The van der Waals surface area contributed by atoms with E-state index in [1.165, 1.54) is 26.0 Å². The maximum absolute atomic E-state index is 12.9. The molecule has 2 aromatic carbocycles. The first kappa shape index (κ1) is 19.2. The Morgan fingerprint density at radius 2 is 1.70 bits per heavy atom. The molecular weight excluding hydrogens is 355 g/mol. The molecule has 1 heterocycles. The number of carbonyl (C=O) groups is 1. The van der Waals surface area contributed by atoms with Gasteiger partial charge in [-0.3, -0.25) is 4.79 Å². The number of fused-ring (bicyclic) bond motifs is 1. The molecule has 0 aliphatic heterocycles. The van der Waals surface area contributed by atoms with Crippen LogP contribution in [0.1, 0.15) is 42.9 Å². The van der Waals surface area contributed by atoms with Crippen LogP contribution in [0.2, 0.25) is 0 Å². The van der Waals surface area contributed by atoms with Crippen molar-refractivity contribution < 1.29 is 23.1 Å². The molecule has 0 fully saturated rings. The van der Waals surface area contributed by atoms with Gasteiger partial charge in [0.25, 0.3) is 0 Å². The lowest BCUT2D eigenvalue weighted by atomic mass is 9.83. The highest BCUT2D eigenvalue weighted by Gasteiger charge is 2.32. The van der Waals surface area contributed by atoms with Crippen LogP contribution in [-0.2, 0) is 11.0 Å². The lowest BCUT2D eigenvalue weighted by Crippen LogP contribution is -2.32. The molecular formula is C21H20F3NO2. The monoisotopic (exact) mass is 375 g/mol. The molecule has 1 aromatic heterocycles. The Kier molecular flexibility index (Phi) is 4.86. The second kappa shape index (κ2) is 6.85. The van der Waals surface area contributed by atoms with E-state index in [1.807, 2.05) is 24.3 Å². The van der Waals surface area contributed by atoms with Crippen LogP contribution in [0.15, 0.2) is 54.7 Å². The number of para-hydroxylation sites is 1. The molecule has 0 amide bonds. The van der Waals surface area contributed by atoms with Crippen molar-refractivity contribution in [2.45, 2.75) is 38.0 Å². The topological polar surface area (TPSA) is 53.1 Å². The number of aromatic nitrogens is 1. The molecule has 142 valence electrons. The SMILES string of the molecule is CC(C)(O)C(=O)CC(c1ccc(C(F)(F)F)cc1)c1c[nH]c2ccccc12. The molecule has 3 aromatic rings. The number of nitrogens with one attached hydrogen (secondary N) is 1. The predicted molar refractivity (Wildman–Crippen MR) is 97.5 cm³/mol. The fourth-order valence-electron chi connectivity index (χ4n) is 3.13. The summed E-state index contributed by atoms with van der Waals surface area (Å²) >= 11 is 0. The summed E-state index contributed by atoms with van der Waals surface area (Å²) in [6.45, 7) is 2.82. The Bertz CT molecular complexity index is 950. The van der Waals surface area contributed by atoms with E-state index in [-0.39, 0.29) is 12.2 Å². The lowest BCUT2D eigenvalue weighted by molar-refractivity contribution is -0.137. The molecule has 3 rings (SSSR count). The molecule has 3 nitrogen and oxygen atoms in total. The van der Waals surface area contributed by atoms with E-state index in [9.17, 15) is 23.1 Å². The first-order chi connectivity index (χ1) is 12.6. The van der Waals surface area contributed by atoms with Crippen LogP contribution >= 0.6 is 0 Å². The van der Waals surface area contributed by atoms with Crippen molar-refractivity contribution in [3.63, 3.8) is 0 Å². The van der Waals surface area contributed by atoms with E-state index in [2.05, 4.69) is 4.98 Å². The number of aliphatic hydroxyl groups is 1. The van der Waals surface area contributed by atoms with Crippen LogP contribution in [0.25, 0.3) is 10.9 Å². The van der Waals surface area contributed by atoms with Crippen molar-refractivity contribution in [1.82, 2.24) is 4.98 Å². The van der Waals surface area contributed by atoms with Crippen molar-refractivity contribution in [2.75, 3.05) is 0 Å². The summed E-state index contributed by atoms with van der Waals surface area (Å²) in [7, 11) is 0. The second-order valence-electron chi connectivity index (χ2n) is 7.15. The molecule has 1 atom stereocenters. The Labute approximate surface area is 154 Å². The summed E-state index contributed by atoms with van der Waals surface area (Å²) in [5, 5.41) is 10.9. The van der Waals surface area contributed by atoms with Gasteiger partial charge in [-0.05, 0) is 43.2 Å². The molecule has 2 N–H and O–H groups in total. The number of Topliss-reactive ketones (excluding diaryl/α,β-unsaturated/α-hetero) is 1. The lowest BCUT2D eigenvalue weighted by Gasteiger charge is -2.22. The van der Waals surface area contributed by atoms with Gasteiger partial charge in [0.05, 0.1) is 5.56 Å². The highest BCUT2D eigenvalue weighted by Crippen LogP contribution is 2.36. The van der Waals surface area contributed by atoms with Gasteiger partial charge in [0.1, 0.15) is 5.60 Å². The molecule has 0 bridgehead atoms. The number of hydrogen-bond acceptors (Lipinski definition) is 2. The maximum Gasteiger partial charge on any atom is 0.416 e. The highest BCUT2D eigenvalue weighted by atomic mass is 19.4. The molecule has 0 saturated heterocycles. The molecule has 0 aliphatic carbocycles. The molecule has 27 heavy (non-hydrogen) atoms. The number of hydrogen-bond donors (Lipinski definition) is 2. The summed E-state index contributed by atoms with van der Waals surface area (Å²) in [4.78, 5) is 15.6. The summed E-state index contributed by atoms with van der Waals surface area (Å²) in [6.07, 6.45) is -2.67. The average molecular weight is 375 g/mol. The Balaban J connectivity index is 2.06. The third kappa shape index (κ3) is 4.06. The first-order valence-corrected chi connectivity index (χ1v) is 8.56. The van der Waals surface area contributed by atoms with Crippen molar-refractivity contribution in [1.29, 1.82) is 0 Å². The highest BCUT2D eigenvalue weighted by molar-refractivity contribution is 5.89. The number of H-pyrrole nitrogens is 1. The quantitative estimate of drug-likeness (QED) is 0.656. The number of carbonyl (C=O) groups excluding carboxylic acids is 1. The number of alkyl halides is 3. The van der Waals surface area contributed by atoms with Crippen molar-refractivity contribution in [3.05, 3.63) is 71.4 Å².